The molecule has 144 valence electrons. The molecule has 2 aliphatic heterocycles. The van der Waals surface area contributed by atoms with Gasteiger partial charge in [-0.15, -0.1) is 0 Å². The van der Waals surface area contributed by atoms with Gasteiger partial charge in [0.25, 0.3) is 0 Å². The van der Waals surface area contributed by atoms with Crippen molar-refractivity contribution in [2.75, 3.05) is 19.6 Å². The minimum Gasteiger partial charge on any atom is -0.370 e. The third-order valence-corrected chi connectivity index (χ3v) is 5.22. The zero-order chi connectivity index (χ0) is 19.2. The van der Waals surface area contributed by atoms with Crippen LogP contribution in [-0.2, 0) is 4.79 Å². The molecule has 2 heterocycles. The van der Waals surface area contributed by atoms with E-state index in [0.717, 1.165) is 17.7 Å². The molecule has 0 aromatic heterocycles. The third-order valence-electron chi connectivity index (χ3n) is 5.22. The zero-order valence-electron chi connectivity index (χ0n) is 14.8. The average molecular weight is 371 g/mol. The molecule has 1 aliphatic carbocycles. The van der Waals surface area contributed by atoms with Crippen LogP contribution in [0.5, 0.6) is 0 Å². The first kappa shape index (κ1) is 19.0. The van der Waals surface area contributed by atoms with E-state index < -0.39 is 18.0 Å². The van der Waals surface area contributed by atoms with E-state index in [0.29, 0.717) is 25.2 Å². The van der Waals surface area contributed by atoms with Gasteiger partial charge < -0.3 is 20.6 Å². The lowest BCUT2D eigenvalue weighted by atomic mass is 9.91. The van der Waals surface area contributed by atoms with Crippen molar-refractivity contribution in [3.8, 4) is 0 Å². The van der Waals surface area contributed by atoms with Crippen molar-refractivity contribution in [1.29, 1.82) is 0 Å². The molecule has 26 heavy (non-hydrogen) atoms. The SMILES string of the molecule is CC(C)C1=C[C@@H](N)CC1C(=O)N1CCN2C(=CC(C(F)(F)F)=CC2O)C1. The minimum absolute atomic E-state index is 0.0560. The smallest absolute Gasteiger partial charge is 0.370 e. The monoisotopic (exact) mass is 371 g/mol. The third kappa shape index (κ3) is 3.53. The predicted molar refractivity (Wildman–Crippen MR) is 90.5 cm³/mol. The maximum absolute atomic E-state index is 13.0. The van der Waals surface area contributed by atoms with Gasteiger partial charge in [0.15, 0.2) is 0 Å². The van der Waals surface area contributed by atoms with Gasteiger partial charge in [-0.2, -0.15) is 13.2 Å². The van der Waals surface area contributed by atoms with E-state index >= 15 is 0 Å². The summed E-state index contributed by atoms with van der Waals surface area (Å²) in [5.74, 6) is -0.228. The summed E-state index contributed by atoms with van der Waals surface area (Å²) in [6.45, 7) is 4.71. The quantitative estimate of drug-likeness (QED) is 0.726. The number of fused-ring (bicyclic) bond motifs is 1. The fraction of sp³-hybridized carbons (Fsp3) is 0.611. The van der Waals surface area contributed by atoms with E-state index in [1.54, 1.807) is 4.90 Å². The molecule has 2 unspecified atom stereocenters. The number of carbonyl (C=O) groups excluding carboxylic acids is 1. The topological polar surface area (TPSA) is 69.8 Å². The molecule has 3 aliphatic rings. The highest BCUT2D eigenvalue weighted by Crippen LogP contribution is 2.35. The van der Waals surface area contributed by atoms with Gasteiger partial charge >= 0.3 is 6.18 Å². The summed E-state index contributed by atoms with van der Waals surface area (Å²) in [5.41, 5.74) is 6.41. The van der Waals surface area contributed by atoms with Gasteiger partial charge in [-0.25, -0.2) is 0 Å². The summed E-state index contributed by atoms with van der Waals surface area (Å²) >= 11 is 0. The maximum Gasteiger partial charge on any atom is 0.416 e. The van der Waals surface area contributed by atoms with Crippen LogP contribution in [0.4, 0.5) is 13.2 Å². The number of nitrogens with two attached hydrogens (primary N) is 1. The summed E-state index contributed by atoms with van der Waals surface area (Å²) in [6, 6.07) is -0.168. The molecule has 0 saturated carbocycles. The van der Waals surface area contributed by atoms with Crippen LogP contribution in [0.3, 0.4) is 0 Å². The maximum atomic E-state index is 13.0. The molecule has 5 nitrogen and oxygen atoms in total. The van der Waals surface area contributed by atoms with Crippen molar-refractivity contribution in [3.05, 3.63) is 35.1 Å². The van der Waals surface area contributed by atoms with Crippen LogP contribution in [-0.4, -0.2) is 58.9 Å². The van der Waals surface area contributed by atoms with Crippen LogP contribution < -0.4 is 5.73 Å². The molecule has 1 saturated heterocycles. The lowest BCUT2D eigenvalue weighted by Crippen LogP contribution is -2.52. The molecule has 1 fully saturated rings. The van der Waals surface area contributed by atoms with Gasteiger partial charge in [-0.1, -0.05) is 25.5 Å². The number of rotatable bonds is 2. The van der Waals surface area contributed by atoms with Gasteiger partial charge in [0.05, 0.1) is 18.0 Å². The lowest BCUT2D eigenvalue weighted by molar-refractivity contribution is -0.136. The van der Waals surface area contributed by atoms with Crippen LogP contribution in [0, 0.1) is 11.8 Å². The molecule has 0 aromatic rings. The van der Waals surface area contributed by atoms with Crippen LogP contribution in [0.1, 0.15) is 20.3 Å². The van der Waals surface area contributed by atoms with Gasteiger partial charge in [0, 0.05) is 24.8 Å². The summed E-state index contributed by atoms with van der Waals surface area (Å²) < 4.78 is 39.0. The Morgan fingerprint density at radius 1 is 1.31 bits per heavy atom. The molecular formula is C18H24F3N3O2. The molecule has 0 spiro atoms. The Bertz CT molecular complexity index is 682. The average Bonchev–Trinajstić information content (AvgIpc) is 2.95. The fourth-order valence-electron chi connectivity index (χ4n) is 3.91. The van der Waals surface area contributed by atoms with Crippen molar-refractivity contribution in [3.63, 3.8) is 0 Å². The Morgan fingerprint density at radius 2 is 2.00 bits per heavy atom. The van der Waals surface area contributed by atoms with Crippen LogP contribution in [0.2, 0.25) is 0 Å². The highest BCUT2D eigenvalue weighted by atomic mass is 19.4. The van der Waals surface area contributed by atoms with E-state index in [9.17, 15) is 23.1 Å². The Kier molecular flexibility index (Phi) is 4.92. The standard InChI is InChI=1S/C18H24F3N3O2/c1-10(2)14-7-12(22)8-15(14)17(26)23-3-4-24-13(9-23)5-11(6-16(24)25)18(19,20)21/h5-7,10,12,15-16,25H,3-4,8-9,22H2,1-2H3/t12-,15?,16?/m1/s1. The normalized spacial score (nSPS) is 29.4. The number of hydrogen-bond acceptors (Lipinski definition) is 4. The first-order chi connectivity index (χ1) is 12.1. The summed E-state index contributed by atoms with van der Waals surface area (Å²) in [4.78, 5) is 16.1. The molecule has 3 atom stereocenters. The van der Waals surface area contributed by atoms with Crippen molar-refractivity contribution in [2.45, 2.75) is 38.7 Å². The highest BCUT2D eigenvalue weighted by Gasteiger charge is 2.40. The van der Waals surface area contributed by atoms with Gasteiger partial charge in [0.1, 0.15) is 6.23 Å². The lowest BCUT2D eigenvalue weighted by Gasteiger charge is -2.43. The van der Waals surface area contributed by atoms with Crippen molar-refractivity contribution < 1.29 is 23.1 Å². The second kappa shape index (κ2) is 6.74. The van der Waals surface area contributed by atoms with E-state index in [4.69, 9.17) is 5.73 Å². The Hall–Kier alpha value is -1.80. The number of alkyl halides is 3. The minimum atomic E-state index is -4.53. The van der Waals surface area contributed by atoms with Crippen molar-refractivity contribution >= 4 is 5.91 Å². The molecule has 0 bridgehead atoms. The molecule has 0 radical (unpaired) electrons. The number of amides is 1. The summed E-state index contributed by atoms with van der Waals surface area (Å²) in [6.07, 6.45) is -1.57. The zero-order valence-corrected chi connectivity index (χ0v) is 14.8. The van der Waals surface area contributed by atoms with Crippen molar-refractivity contribution in [2.24, 2.45) is 17.6 Å². The Balaban J connectivity index is 1.78. The van der Waals surface area contributed by atoms with Gasteiger partial charge in [-0.3, -0.25) is 4.79 Å². The number of allylic oxidation sites excluding steroid dienone is 2. The molecular weight excluding hydrogens is 347 g/mol. The number of aliphatic hydroxyl groups excluding tert-OH is 1. The predicted octanol–water partition coefficient (Wildman–Crippen LogP) is 1.76. The van der Waals surface area contributed by atoms with Crippen molar-refractivity contribution in [1.82, 2.24) is 9.80 Å². The highest BCUT2D eigenvalue weighted by molar-refractivity contribution is 5.83. The van der Waals surface area contributed by atoms with Gasteiger partial charge in [0.2, 0.25) is 5.91 Å². The second-order valence-electron chi connectivity index (χ2n) is 7.40. The Labute approximate surface area is 150 Å². The van der Waals surface area contributed by atoms with E-state index in [1.807, 2.05) is 19.9 Å². The number of halogens is 3. The molecule has 3 N–H and O–H groups in total. The van der Waals surface area contributed by atoms with E-state index in [-0.39, 0.29) is 30.3 Å². The number of hydrogen-bond donors (Lipinski definition) is 2. The first-order valence-corrected chi connectivity index (χ1v) is 8.78. The number of piperazine rings is 1. The second-order valence-corrected chi connectivity index (χ2v) is 7.40. The van der Waals surface area contributed by atoms with E-state index in [1.165, 1.54) is 4.90 Å². The summed E-state index contributed by atoms with van der Waals surface area (Å²) in [7, 11) is 0. The first-order valence-electron chi connectivity index (χ1n) is 8.78. The van der Waals surface area contributed by atoms with Crippen LogP contribution in [0.15, 0.2) is 35.1 Å². The number of carbonyl (C=O) groups is 1. The Morgan fingerprint density at radius 3 is 2.62 bits per heavy atom. The number of aliphatic hydroxyl groups is 1. The van der Waals surface area contributed by atoms with E-state index in [2.05, 4.69) is 0 Å². The molecule has 8 heteroatoms. The molecule has 3 rings (SSSR count). The molecule has 1 amide bonds. The number of nitrogens with zero attached hydrogens (tertiary/aromatic N) is 2. The van der Waals surface area contributed by atoms with Crippen LogP contribution >= 0.6 is 0 Å². The van der Waals surface area contributed by atoms with Gasteiger partial charge in [-0.05, 0) is 24.5 Å². The summed E-state index contributed by atoms with van der Waals surface area (Å²) in [5, 5.41) is 10.0. The molecule has 0 aromatic carbocycles. The fourth-order valence-corrected chi connectivity index (χ4v) is 3.91. The van der Waals surface area contributed by atoms with Crippen LogP contribution in [0.25, 0.3) is 0 Å². The largest absolute Gasteiger partial charge is 0.416 e.